The molecule has 2 aromatic rings. The second kappa shape index (κ2) is 3.67. The van der Waals surface area contributed by atoms with Crippen LogP contribution in [0.4, 0.5) is 0 Å². The Morgan fingerprint density at radius 1 is 1.31 bits per heavy atom. The van der Waals surface area contributed by atoms with Crippen LogP contribution in [0, 0.1) is 13.8 Å². The first-order valence-corrected chi connectivity index (χ1v) is 5.38. The summed E-state index contributed by atoms with van der Waals surface area (Å²) in [5.74, 6) is -0.851. The number of aromatic nitrogens is 1. The van der Waals surface area contributed by atoms with Gasteiger partial charge in [-0.25, -0.2) is 4.79 Å². The molecule has 0 fully saturated rings. The van der Waals surface area contributed by atoms with Crippen LogP contribution in [0.15, 0.2) is 18.3 Å². The van der Waals surface area contributed by atoms with E-state index in [0.29, 0.717) is 5.56 Å². The van der Waals surface area contributed by atoms with E-state index in [1.165, 1.54) is 0 Å². The maximum absolute atomic E-state index is 11.3. The van der Waals surface area contributed by atoms with Crippen molar-refractivity contribution in [3.63, 3.8) is 0 Å². The van der Waals surface area contributed by atoms with E-state index in [0.717, 1.165) is 28.6 Å². The topological polar surface area (TPSA) is 42.2 Å². The van der Waals surface area contributed by atoms with Crippen molar-refractivity contribution < 1.29 is 9.90 Å². The number of hydrogen-bond acceptors (Lipinski definition) is 1. The van der Waals surface area contributed by atoms with Crippen molar-refractivity contribution >= 4 is 16.9 Å². The molecule has 16 heavy (non-hydrogen) atoms. The van der Waals surface area contributed by atoms with Crippen LogP contribution < -0.4 is 0 Å². The average Bonchev–Trinajstić information content (AvgIpc) is 2.54. The predicted octanol–water partition coefficient (Wildman–Crippen LogP) is 2.98. The third-order valence-corrected chi connectivity index (χ3v) is 3.00. The van der Waals surface area contributed by atoms with E-state index in [1.807, 2.05) is 43.7 Å². The van der Waals surface area contributed by atoms with Gasteiger partial charge in [-0.05, 0) is 31.9 Å². The molecule has 3 nitrogen and oxygen atoms in total. The van der Waals surface area contributed by atoms with Crippen LogP contribution >= 0.6 is 0 Å². The van der Waals surface area contributed by atoms with Gasteiger partial charge in [-0.3, -0.25) is 0 Å². The van der Waals surface area contributed by atoms with Gasteiger partial charge in [0, 0.05) is 18.1 Å². The van der Waals surface area contributed by atoms with E-state index in [-0.39, 0.29) is 0 Å². The zero-order valence-electron chi connectivity index (χ0n) is 9.74. The molecule has 0 unspecified atom stereocenters. The summed E-state index contributed by atoms with van der Waals surface area (Å²) in [6, 6.07) is 3.87. The lowest BCUT2D eigenvalue weighted by atomic mass is 10.0. The molecule has 0 saturated carbocycles. The van der Waals surface area contributed by atoms with Crippen LogP contribution in [0.1, 0.15) is 28.4 Å². The quantitative estimate of drug-likeness (QED) is 0.840. The van der Waals surface area contributed by atoms with Gasteiger partial charge in [0.25, 0.3) is 0 Å². The molecule has 1 N–H and O–H groups in total. The lowest BCUT2D eigenvalue weighted by molar-refractivity contribution is 0.0698. The summed E-state index contributed by atoms with van der Waals surface area (Å²) < 4.78 is 2.00. The smallest absolute Gasteiger partial charge is 0.338 e. The number of carbonyl (C=O) groups is 1. The van der Waals surface area contributed by atoms with Crippen LogP contribution in [0.2, 0.25) is 0 Å². The SMILES string of the molecule is CCn1cc(C)c2ccc(C)c(C(=O)O)c21. The highest BCUT2D eigenvalue weighted by Crippen LogP contribution is 2.26. The Balaban J connectivity index is 2.95. The van der Waals surface area contributed by atoms with E-state index < -0.39 is 5.97 Å². The van der Waals surface area contributed by atoms with Crippen molar-refractivity contribution in [1.82, 2.24) is 4.57 Å². The molecular weight excluding hydrogens is 202 g/mol. The van der Waals surface area contributed by atoms with E-state index in [9.17, 15) is 9.90 Å². The molecule has 84 valence electrons. The summed E-state index contributed by atoms with van der Waals surface area (Å²) in [6.07, 6.45) is 2.01. The normalized spacial score (nSPS) is 10.9. The summed E-state index contributed by atoms with van der Waals surface area (Å²) >= 11 is 0. The lowest BCUT2D eigenvalue weighted by Crippen LogP contribution is -2.04. The van der Waals surface area contributed by atoms with Gasteiger partial charge in [0.1, 0.15) is 0 Å². The summed E-state index contributed by atoms with van der Waals surface area (Å²) in [4.78, 5) is 11.3. The van der Waals surface area contributed by atoms with Crippen LogP contribution in [0.25, 0.3) is 10.9 Å². The fraction of sp³-hybridized carbons (Fsp3) is 0.308. The minimum atomic E-state index is -0.851. The van der Waals surface area contributed by atoms with Crippen molar-refractivity contribution in [3.8, 4) is 0 Å². The first-order valence-electron chi connectivity index (χ1n) is 5.38. The molecule has 1 aromatic carbocycles. The highest BCUT2D eigenvalue weighted by Gasteiger charge is 2.16. The number of carboxylic acid groups (broad SMARTS) is 1. The standard InChI is InChI=1S/C13H15NO2/c1-4-14-7-9(3)10-6-5-8(2)11(12(10)14)13(15)16/h5-7H,4H2,1-3H3,(H,15,16). The Morgan fingerprint density at radius 2 is 2.00 bits per heavy atom. The van der Waals surface area contributed by atoms with Crippen molar-refractivity contribution in [2.45, 2.75) is 27.3 Å². The van der Waals surface area contributed by atoms with Gasteiger partial charge < -0.3 is 9.67 Å². The summed E-state index contributed by atoms with van der Waals surface area (Å²) in [6.45, 7) is 6.65. The van der Waals surface area contributed by atoms with Crippen molar-refractivity contribution in [1.29, 1.82) is 0 Å². The summed E-state index contributed by atoms with van der Waals surface area (Å²) in [5, 5.41) is 10.3. The maximum Gasteiger partial charge on any atom is 0.338 e. The van der Waals surface area contributed by atoms with Gasteiger partial charge >= 0.3 is 5.97 Å². The third-order valence-electron chi connectivity index (χ3n) is 3.00. The Kier molecular flexibility index (Phi) is 2.46. The number of rotatable bonds is 2. The Morgan fingerprint density at radius 3 is 2.56 bits per heavy atom. The molecule has 3 heteroatoms. The van der Waals surface area contributed by atoms with Gasteiger partial charge in [-0.2, -0.15) is 0 Å². The third kappa shape index (κ3) is 1.40. The molecule has 0 bridgehead atoms. The van der Waals surface area contributed by atoms with E-state index in [2.05, 4.69) is 0 Å². The molecule has 0 atom stereocenters. The largest absolute Gasteiger partial charge is 0.478 e. The lowest BCUT2D eigenvalue weighted by Gasteiger charge is -2.07. The van der Waals surface area contributed by atoms with Crippen LogP contribution in [-0.2, 0) is 6.54 Å². The first-order chi connectivity index (χ1) is 7.56. The Labute approximate surface area is 94.3 Å². The minimum Gasteiger partial charge on any atom is -0.478 e. The molecule has 0 aliphatic carbocycles. The molecule has 0 spiro atoms. The van der Waals surface area contributed by atoms with Crippen LogP contribution in [0.5, 0.6) is 0 Å². The minimum absolute atomic E-state index is 0.424. The van der Waals surface area contributed by atoms with Crippen molar-refractivity contribution in [2.24, 2.45) is 0 Å². The number of hydrogen-bond donors (Lipinski definition) is 1. The second-order valence-electron chi connectivity index (χ2n) is 4.06. The molecule has 1 aromatic heterocycles. The summed E-state index contributed by atoms with van der Waals surface area (Å²) in [5.41, 5.74) is 3.20. The number of fused-ring (bicyclic) bond motifs is 1. The highest BCUT2D eigenvalue weighted by atomic mass is 16.4. The number of aromatic carboxylic acids is 1. The predicted molar refractivity (Wildman–Crippen MR) is 64.0 cm³/mol. The van der Waals surface area contributed by atoms with Gasteiger partial charge in [0.15, 0.2) is 0 Å². The zero-order chi connectivity index (χ0) is 11.9. The van der Waals surface area contributed by atoms with Crippen molar-refractivity contribution in [2.75, 3.05) is 0 Å². The average molecular weight is 217 g/mol. The molecule has 0 radical (unpaired) electrons. The molecule has 1 heterocycles. The molecule has 0 aliphatic rings. The number of nitrogens with zero attached hydrogens (tertiary/aromatic N) is 1. The molecule has 2 rings (SSSR count). The van der Waals surface area contributed by atoms with Gasteiger partial charge in [-0.1, -0.05) is 12.1 Å². The second-order valence-corrected chi connectivity index (χ2v) is 4.06. The molecule has 0 aliphatic heterocycles. The number of benzene rings is 1. The molecule has 0 saturated heterocycles. The molecule has 0 amide bonds. The van der Waals surface area contributed by atoms with E-state index in [1.54, 1.807) is 0 Å². The number of aryl methyl sites for hydroxylation is 3. The van der Waals surface area contributed by atoms with E-state index in [4.69, 9.17) is 0 Å². The fourth-order valence-corrected chi connectivity index (χ4v) is 2.20. The fourth-order valence-electron chi connectivity index (χ4n) is 2.20. The monoisotopic (exact) mass is 217 g/mol. The summed E-state index contributed by atoms with van der Waals surface area (Å²) in [7, 11) is 0. The Hall–Kier alpha value is -1.77. The van der Waals surface area contributed by atoms with Gasteiger partial charge in [0.05, 0.1) is 11.1 Å². The number of carboxylic acids is 1. The first kappa shape index (κ1) is 10.7. The van der Waals surface area contributed by atoms with Gasteiger partial charge in [0.2, 0.25) is 0 Å². The highest BCUT2D eigenvalue weighted by molar-refractivity contribution is 6.04. The van der Waals surface area contributed by atoms with Crippen molar-refractivity contribution in [3.05, 3.63) is 35.0 Å². The van der Waals surface area contributed by atoms with Crippen LogP contribution in [0.3, 0.4) is 0 Å². The van der Waals surface area contributed by atoms with Crippen LogP contribution in [-0.4, -0.2) is 15.6 Å². The van der Waals surface area contributed by atoms with E-state index >= 15 is 0 Å². The Bertz CT molecular complexity index is 567. The zero-order valence-corrected chi connectivity index (χ0v) is 9.74. The molecular formula is C13H15NO2. The van der Waals surface area contributed by atoms with Gasteiger partial charge in [-0.15, -0.1) is 0 Å². The maximum atomic E-state index is 11.3.